The van der Waals surface area contributed by atoms with Crippen LogP contribution < -0.4 is 10.9 Å². The predicted molar refractivity (Wildman–Crippen MR) is 188 cm³/mol. The Morgan fingerprint density at radius 3 is 2.55 bits per heavy atom. The highest BCUT2D eigenvalue weighted by Gasteiger charge is 2.24. The van der Waals surface area contributed by atoms with E-state index in [9.17, 15) is 9.59 Å². The van der Waals surface area contributed by atoms with E-state index in [0.29, 0.717) is 44.9 Å². The van der Waals surface area contributed by atoms with Crippen LogP contribution in [-0.4, -0.2) is 89.4 Å². The Bertz CT molecular complexity index is 2290. The molecule has 0 spiro atoms. The van der Waals surface area contributed by atoms with Crippen LogP contribution in [0.5, 0.6) is 0 Å². The maximum Gasteiger partial charge on any atom is 0.267 e. The Kier molecular flexibility index (Phi) is 8.78. The Labute approximate surface area is 284 Å². The van der Waals surface area contributed by atoms with Gasteiger partial charge in [0.05, 0.1) is 45.8 Å². The molecule has 0 bridgehead atoms. The molecule has 12 nitrogen and oxygen atoms in total. The minimum atomic E-state index is -0.643. The van der Waals surface area contributed by atoms with Gasteiger partial charge >= 0.3 is 0 Å². The zero-order chi connectivity index (χ0) is 34.1. The van der Waals surface area contributed by atoms with Gasteiger partial charge in [-0.3, -0.25) is 18.8 Å². The van der Waals surface area contributed by atoms with Crippen molar-refractivity contribution in [3.05, 3.63) is 117 Å². The number of likely N-dealkylation sites (N-methyl/N-ethyl adjacent to an activating group) is 1. The fourth-order valence-electron chi connectivity index (χ4n) is 6.40. The van der Waals surface area contributed by atoms with E-state index in [0.717, 1.165) is 50.4 Å². The van der Waals surface area contributed by atoms with Crippen LogP contribution >= 0.6 is 0 Å². The number of fused-ring (bicyclic) bond motifs is 2. The zero-order valence-corrected chi connectivity index (χ0v) is 28.1. The van der Waals surface area contributed by atoms with E-state index >= 15 is 0 Å². The lowest BCUT2D eigenvalue weighted by molar-refractivity contribution is 0.0938. The third-order valence-electron chi connectivity index (χ3n) is 9.12. The van der Waals surface area contributed by atoms with Crippen LogP contribution in [0.15, 0.2) is 78.0 Å². The Balaban J connectivity index is 1.25. The van der Waals surface area contributed by atoms with E-state index in [-0.39, 0.29) is 11.5 Å². The van der Waals surface area contributed by atoms with E-state index < -0.39 is 6.04 Å². The molecule has 1 fully saturated rings. The van der Waals surface area contributed by atoms with Gasteiger partial charge in [-0.25, -0.2) is 14.5 Å². The largest absolute Gasteiger partial charge is 0.342 e. The van der Waals surface area contributed by atoms with Crippen LogP contribution in [0.4, 0.5) is 0 Å². The monoisotopic (exact) mass is 654 g/mol. The first-order chi connectivity index (χ1) is 23.8. The number of benzene rings is 2. The number of piperazine rings is 1. The summed E-state index contributed by atoms with van der Waals surface area (Å²) in [6.45, 7) is 8.76. The summed E-state index contributed by atoms with van der Waals surface area (Å²) in [5.74, 6) is 6.63. The summed E-state index contributed by atoms with van der Waals surface area (Å²) in [5, 5.41) is 12.4. The van der Waals surface area contributed by atoms with E-state index in [4.69, 9.17) is 4.98 Å². The quantitative estimate of drug-likeness (QED) is 0.261. The second-order valence-corrected chi connectivity index (χ2v) is 12.5. The highest BCUT2D eigenvalue weighted by Crippen LogP contribution is 2.22. The van der Waals surface area contributed by atoms with E-state index in [1.165, 1.54) is 0 Å². The van der Waals surface area contributed by atoms with Gasteiger partial charge < -0.3 is 15.1 Å². The smallest absolute Gasteiger partial charge is 0.267 e. The van der Waals surface area contributed by atoms with Gasteiger partial charge in [-0.1, -0.05) is 36.1 Å². The van der Waals surface area contributed by atoms with Crippen molar-refractivity contribution in [3.8, 4) is 17.5 Å². The minimum Gasteiger partial charge on any atom is -0.342 e. The molecule has 0 saturated carbocycles. The Morgan fingerprint density at radius 2 is 1.76 bits per heavy atom. The van der Waals surface area contributed by atoms with Crippen molar-refractivity contribution >= 4 is 22.5 Å². The highest BCUT2D eigenvalue weighted by molar-refractivity contribution is 6.01. The van der Waals surface area contributed by atoms with Crippen molar-refractivity contribution in [1.82, 2.24) is 49.0 Å². The molecule has 248 valence electrons. The fraction of sp³-hybridized carbons (Fsp3) is 0.297. The maximum absolute atomic E-state index is 14.5. The standard InChI is InChI=1S/C37H38N10O2/c1-25-32(35-38-17-9-18-46(35)42-25)36(48)40-26(2)34-41-30-13-8-10-27(33(30)37(49)47(34)29-11-6-5-7-12-29)14-15-28-24-39-44(4)31(28)16-19-45-22-20-43(3)21-23-45/h5-13,17-18,24,26H,16,19-23H2,1-4H3,(H,40,48). The van der Waals surface area contributed by atoms with Crippen LogP contribution in [0, 0.1) is 18.8 Å². The summed E-state index contributed by atoms with van der Waals surface area (Å²) >= 11 is 0. The summed E-state index contributed by atoms with van der Waals surface area (Å²) in [7, 11) is 4.10. The van der Waals surface area contributed by atoms with Gasteiger partial charge in [0.1, 0.15) is 11.4 Å². The zero-order valence-electron chi connectivity index (χ0n) is 28.1. The number of hydrogen-bond acceptors (Lipinski definition) is 8. The number of nitrogens with one attached hydrogen (secondary N) is 1. The first kappa shape index (κ1) is 31.9. The van der Waals surface area contributed by atoms with Crippen LogP contribution in [0.3, 0.4) is 0 Å². The number of amides is 1. The lowest BCUT2D eigenvalue weighted by Crippen LogP contribution is -2.45. The minimum absolute atomic E-state index is 0.271. The van der Waals surface area contributed by atoms with Crippen LogP contribution in [0.25, 0.3) is 22.2 Å². The van der Waals surface area contributed by atoms with Crippen LogP contribution in [-0.2, 0) is 13.5 Å². The first-order valence-electron chi connectivity index (χ1n) is 16.4. The molecule has 1 aliphatic rings. The molecule has 49 heavy (non-hydrogen) atoms. The summed E-state index contributed by atoms with van der Waals surface area (Å²) in [6.07, 6.45) is 6.00. The SMILES string of the molecule is Cc1nn2cccnc2c1C(=O)NC(C)c1nc2cccc(C#Cc3cnn(C)c3CCN3CCN(C)CC3)c2c(=O)n1-c1ccccc1. The molecule has 7 rings (SSSR count). The molecule has 5 heterocycles. The van der Waals surface area contributed by atoms with Crippen molar-refractivity contribution in [1.29, 1.82) is 0 Å². The summed E-state index contributed by atoms with van der Waals surface area (Å²) in [6, 6.07) is 15.9. The van der Waals surface area contributed by atoms with Crippen molar-refractivity contribution in [2.45, 2.75) is 26.3 Å². The normalized spacial score (nSPS) is 14.5. The number of hydrogen-bond donors (Lipinski definition) is 1. The van der Waals surface area contributed by atoms with Gasteiger partial charge in [0.15, 0.2) is 5.65 Å². The van der Waals surface area contributed by atoms with Crippen LogP contribution in [0.1, 0.15) is 51.7 Å². The second kappa shape index (κ2) is 13.5. The number of aromatic nitrogens is 7. The molecule has 1 saturated heterocycles. The van der Waals surface area contributed by atoms with Gasteiger partial charge in [-0.15, -0.1) is 0 Å². The molecule has 0 aliphatic carbocycles. The van der Waals surface area contributed by atoms with Crippen LogP contribution in [0.2, 0.25) is 0 Å². The van der Waals surface area contributed by atoms with E-state index in [1.54, 1.807) is 46.7 Å². The van der Waals surface area contributed by atoms with E-state index in [1.807, 2.05) is 61.1 Å². The molecular formula is C37H38N10O2. The fourth-order valence-corrected chi connectivity index (χ4v) is 6.40. The summed E-state index contributed by atoms with van der Waals surface area (Å²) in [4.78, 5) is 42.3. The van der Waals surface area contributed by atoms with Crippen molar-refractivity contribution in [2.24, 2.45) is 7.05 Å². The highest BCUT2D eigenvalue weighted by atomic mass is 16.2. The topological polar surface area (TPSA) is 118 Å². The molecule has 2 aromatic carbocycles. The van der Waals surface area contributed by atoms with E-state index in [2.05, 4.69) is 49.2 Å². The molecule has 12 heteroatoms. The number of carbonyl (C=O) groups is 1. The molecule has 4 aromatic heterocycles. The molecule has 6 aromatic rings. The molecular weight excluding hydrogens is 616 g/mol. The average Bonchev–Trinajstić information content (AvgIpc) is 3.64. The van der Waals surface area contributed by atoms with Gasteiger partial charge in [-0.05, 0) is 51.2 Å². The first-order valence-corrected chi connectivity index (χ1v) is 16.4. The number of rotatable bonds is 7. The van der Waals surface area contributed by atoms with Gasteiger partial charge in [-0.2, -0.15) is 10.2 Å². The second-order valence-electron chi connectivity index (χ2n) is 12.5. The molecule has 1 amide bonds. The molecule has 1 aliphatic heterocycles. The summed E-state index contributed by atoms with van der Waals surface area (Å²) < 4.78 is 5.03. The van der Waals surface area contributed by atoms with Gasteiger partial charge in [0.25, 0.3) is 11.5 Å². The van der Waals surface area contributed by atoms with Crippen molar-refractivity contribution < 1.29 is 4.79 Å². The lowest BCUT2D eigenvalue weighted by atomic mass is 10.1. The van der Waals surface area contributed by atoms with Gasteiger partial charge in [0, 0.05) is 64.1 Å². The third kappa shape index (κ3) is 6.34. The number of para-hydroxylation sites is 1. The van der Waals surface area contributed by atoms with Crippen molar-refractivity contribution in [2.75, 3.05) is 39.8 Å². The lowest BCUT2D eigenvalue weighted by Gasteiger charge is -2.32. The molecule has 1 N–H and O–H groups in total. The average molecular weight is 655 g/mol. The van der Waals surface area contributed by atoms with Gasteiger partial charge in [0.2, 0.25) is 0 Å². The number of carbonyl (C=O) groups excluding carboxylic acids is 1. The number of aryl methyl sites for hydroxylation is 2. The number of nitrogens with zero attached hydrogens (tertiary/aromatic N) is 9. The molecule has 1 unspecified atom stereocenters. The Morgan fingerprint density at radius 1 is 0.980 bits per heavy atom. The molecule has 0 radical (unpaired) electrons. The van der Waals surface area contributed by atoms with Crippen molar-refractivity contribution in [3.63, 3.8) is 0 Å². The predicted octanol–water partition coefficient (Wildman–Crippen LogP) is 3.15. The molecule has 1 atom stereocenters. The Hall–Kier alpha value is -5.64. The third-order valence-corrected chi connectivity index (χ3v) is 9.12. The maximum atomic E-state index is 14.5. The summed E-state index contributed by atoms with van der Waals surface area (Å²) in [5.41, 5.74) is 4.72.